The normalized spacial score (nSPS) is 17.7. The second-order valence-corrected chi connectivity index (χ2v) is 6.67. The van der Waals surface area contributed by atoms with Gasteiger partial charge in [-0.3, -0.25) is 4.90 Å². The fraction of sp³-hybridized carbons (Fsp3) is 0.133. The molecule has 1 saturated heterocycles. The Balaban J connectivity index is 1.87. The molecule has 0 radical (unpaired) electrons. The lowest BCUT2D eigenvalue weighted by Gasteiger charge is -2.21. The van der Waals surface area contributed by atoms with Crippen molar-refractivity contribution in [3.05, 3.63) is 59.9 Å². The van der Waals surface area contributed by atoms with Crippen LogP contribution in [0.15, 0.2) is 48.5 Å². The third-order valence-corrected chi connectivity index (χ3v) is 3.76. The minimum atomic E-state index is -3.62. The SMILES string of the molecule is CS(=O)(=O)Oc1ccc([C@@H]2NOC(=O)N2c2ccc(F)cc2)cc1. The van der Waals surface area contributed by atoms with Crippen molar-refractivity contribution >= 4 is 21.9 Å². The molecule has 1 aliphatic heterocycles. The molecule has 0 spiro atoms. The predicted molar refractivity (Wildman–Crippen MR) is 83.2 cm³/mol. The number of hydrogen-bond acceptors (Lipinski definition) is 6. The van der Waals surface area contributed by atoms with E-state index in [0.717, 1.165) is 6.26 Å². The van der Waals surface area contributed by atoms with Crippen molar-refractivity contribution in [3.63, 3.8) is 0 Å². The fourth-order valence-corrected chi connectivity index (χ4v) is 2.73. The average molecular weight is 352 g/mol. The van der Waals surface area contributed by atoms with Crippen LogP contribution in [0.2, 0.25) is 0 Å². The van der Waals surface area contributed by atoms with E-state index in [9.17, 15) is 17.6 Å². The standard InChI is InChI=1S/C15H13FN2O5S/c1-24(20,21)23-13-8-2-10(3-9-13)14-17-22-15(19)18(14)12-6-4-11(16)5-7-12/h2-9,14,17H,1H3/t14-/m1/s1. The molecule has 0 saturated carbocycles. The maximum atomic E-state index is 13.1. The molecule has 2 aromatic carbocycles. The Hall–Kier alpha value is -2.65. The Bertz CT molecular complexity index is 852. The number of carbonyl (C=O) groups is 1. The van der Waals surface area contributed by atoms with Crippen LogP contribution in [0.3, 0.4) is 0 Å². The van der Waals surface area contributed by atoms with Gasteiger partial charge < -0.3 is 9.02 Å². The number of nitrogens with zero attached hydrogens (tertiary/aromatic N) is 1. The number of carbonyl (C=O) groups excluding carboxylic acids is 1. The van der Waals surface area contributed by atoms with Crippen LogP contribution in [0.1, 0.15) is 11.7 Å². The average Bonchev–Trinajstić information content (AvgIpc) is 2.89. The van der Waals surface area contributed by atoms with Crippen LogP contribution >= 0.6 is 0 Å². The van der Waals surface area contributed by atoms with Gasteiger partial charge in [0, 0.05) is 5.69 Å². The number of nitrogens with one attached hydrogen (secondary N) is 1. The highest BCUT2D eigenvalue weighted by atomic mass is 32.2. The summed E-state index contributed by atoms with van der Waals surface area (Å²) in [5.74, 6) is -0.266. The lowest BCUT2D eigenvalue weighted by atomic mass is 10.1. The van der Waals surface area contributed by atoms with Gasteiger partial charge in [0.2, 0.25) is 0 Å². The second kappa shape index (κ2) is 6.10. The Morgan fingerprint density at radius 3 is 2.33 bits per heavy atom. The third-order valence-electron chi connectivity index (χ3n) is 3.26. The maximum absolute atomic E-state index is 13.1. The molecule has 9 heteroatoms. The lowest BCUT2D eigenvalue weighted by Crippen LogP contribution is -2.29. The third kappa shape index (κ3) is 3.47. The summed E-state index contributed by atoms with van der Waals surface area (Å²) in [5, 5.41) is 0. The molecule has 126 valence electrons. The molecular weight excluding hydrogens is 339 g/mol. The van der Waals surface area contributed by atoms with Gasteiger partial charge in [0.25, 0.3) is 0 Å². The van der Waals surface area contributed by atoms with E-state index < -0.39 is 28.2 Å². The van der Waals surface area contributed by atoms with Crippen LogP contribution < -0.4 is 14.6 Å². The topological polar surface area (TPSA) is 84.9 Å². The maximum Gasteiger partial charge on any atom is 0.435 e. The van der Waals surface area contributed by atoms with Gasteiger partial charge in [0.05, 0.1) is 6.26 Å². The molecule has 1 N–H and O–H groups in total. The van der Waals surface area contributed by atoms with Gasteiger partial charge in [-0.05, 0) is 42.0 Å². The molecule has 2 aromatic rings. The monoisotopic (exact) mass is 352 g/mol. The lowest BCUT2D eigenvalue weighted by molar-refractivity contribution is 0.122. The predicted octanol–water partition coefficient (Wildman–Crippen LogP) is 2.32. The van der Waals surface area contributed by atoms with Gasteiger partial charge >= 0.3 is 16.2 Å². The number of anilines is 1. The van der Waals surface area contributed by atoms with Gasteiger partial charge in [-0.2, -0.15) is 8.42 Å². The van der Waals surface area contributed by atoms with Crippen molar-refractivity contribution in [2.24, 2.45) is 0 Å². The molecule has 7 nitrogen and oxygen atoms in total. The molecule has 1 amide bonds. The molecule has 1 heterocycles. The molecule has 0 unspecified atom stereocenters. The van der Waals surface area contributed by atoms with E-state index in [2.05, 4.69) is 5.48 Å². The molecule has 24 heavy (non-hydrogen) atoms. The van der Waals surface area contributed by atoms with Gasteiger partial charge in [-0.1, -0.05) is 12.1 Å². The zero-order chi connectivity index (χ0) is 17.3. The van der Waals surface area contributed by atoms with Crippen molar-refractivity contribution in [2.45, 2.75) is 6.17 Å². The summed E-state index contributed by atoms with van der Waals surface area (Å²) < 4.78 is 40.0. The first-order valence-corrected chi connectivity index (χ1v) is 8.66. The number of hydroxylamine groups is 1. The fourth-order valence-electron chi connectivity index (χ4n) is 2.27. The Morgan fingerprint density at radius 1 is 1.12 bits per heavy atom. The van der Waals surface area contributed by atoms with Crippen molar-refractivity contribution in [1.29, 1.82) is 0 Å². The van der Waals surface area contributed by atoms with Crippen LogP contribution in [0, 0.1) is 5.82 Å². The molecule has 1 aliphatic rings. The molecule has 3 rings (SSSR count). The van der Waals surface area contributed by atoms with E-state index in [1.165, 1.54) is 41.3 Å². The summed E-state index contributed by atoms with van der Waals surface area (Å²) >= 11 is 0. The van der Waals surface area contributed by atoms with E-state index in [1.807, 2.05) is 0 Å². The number of rotatable bonds is 4. The molecular formula is C15H13FN2O5S. The first-order chi connectivity index (χ1) is 11.3. The molecule has 1 fully saturated rings. The zero-order valence-electron chi connectivity index (χ0n) is 12.5. The van der Waals surface area contributed by atoms with Crippen LogP contribution in [-0.4, -0.2) is 20.8 Å². The highest BCUT2D eigenvalue weighted by Crippen LogP contribution is 2.31. The summed E-state index contributed by atoms with van der Waals surface area (Å²) in [6, 6.07) is 11.5. The van der Waals surface area contributed by atoms with Gasteiger partial charge in [-0.15, -0.1) is 5.48 Å². The molecule has 0 bridgehead atoms. The molecule has 0 aliphatic carbocycles. The number of amides is 1. The van der Waals surface area contributed by atoms with E-state index in [4.69, 9.17) is 9.02 Å². The van der Waals surface area contributed by atoms with E-state index >= 15 is 0 Å². The van der Waals surface area contributed by atoms with Crippen molar-refractivity contribution < 1.29 is 26.6 Å². The van der Waals surface area contributed by atoms with Crippen LogP contribution in [-0.2, 0) is 15.0 Å². The van der Waals surface area contributed by atoms with Gasteiger partial charge in [-0.25, -0.2) is 9.18 Å². The van der Waals surface area contributed by atoms with E-state index in [0.29, 0.717) is 11.3 Å². The summed E-state index contributed by atoms with van der Waals surface area (Å²) in [5.41, 5.74) is 3.66. The Morgan fingerprint density at radius 2 is 1.75 bits per heavy atom. The highest BCUT2D eigenvalue weighted by Gasteiger charge is 2.35. The van der Waals surface area contributed by atoms with Gasteiger partial charge in [0.1, 0.15) is 17.7 Å². The second-order valence-electron chi connectivity index (χ2n) is 5.09. The first-order valence-electron chi connectivity index (χ1n) is 6.84. The largest absolute Gasteiger partial charge is 0.435 e. The number of hydrogen-bond donors (Lipinski definition) is 1. The van der Waals surface area contributed by atoms with Crippen molar-refractivity contribution in [3.8, 4) is 5.75 Å². The van der Waals surface area contributed by atoms with Crippen LogP contribution in [0.25, 0.3) is 0 Å². The minimum Gasteiger partial charge on any atom is -0.383 e. The quantitative estimate of drug-likeness (QED) is 0.850. The van der Waals surface area contributed by atoms with E-state index in [-0.39, 0.29) is 5.75 Å². The Kier molecular flexibility index (Phi) is 4.12. The minimum absolute atomic E-state index is 0.153. The van der Waals surface area contributed by atoms with E-state index in [1.54, 1.807) is 12.1 Å². The Labute approximate surface area is 137 Å². The number of halogens is 1. The summed E-state index contributed by atoms with van der Waals surface area (Å²) in [4.78, 5) is 18.1. The molecule has 1 atom stereocenters. The first kappa shape index (κ1) is 16.2. The summed E-state index contributed by atoms with van der Waals surface area (Å²) in [6.45, 7) is 0. The summed E-state index contributed by atoms with van der Waals surface area (Å²) in [7, 11) is -3.62. The van der Waals surface area contributed by atoms with Gasteiger partial charge in [0.15, 0.2) is 0 Å². The zero-order valence-corrected chi connectivity index (χ0v) is 13.3. The number of benzene rings is 2. The van der Waals surface area contributed by atoms with Crippen LogP contribution in [0.4, 0.5) is 14.9 Å². The van der Waals surface area contributed by atoms with Crippen molar-refractivity contribution in [2.75, 3.05) is 11.2 Å². The highest BCUT2D eigenvalue weighted by molar-refractivity contribution is 7.86. The smallest absolute Gasteiger partial charge is 0.383 e. The van der Waals surface area contributed by atoms with Crippen LogP contribution in [0.5, 0.6) is 5.75 Å². The summed E-state index contributed by atoms with van der Waals surface area (Å²) in [6.07, 6.45) is -0.333. The molecule has 0 aromatic heterocycles. The van der Waals surface area contributed by atoms with Crippen molar-refractivity contribution in [1.82, 2.24) is 5.48 Å².